The fraction of sp³-hybridized carbons (Fsp3) is 0.571. The molecule has 1 atom stereocenters. The van der Waals surface area contributed by atoms with E-state index < -0.39 is 0 Å². The van der Waals surface area contributed by atoms with E-state index in [-0.39, 0.29) is 11.6 Å². The Bertz CT molecular complexity index is 412. The summed E-state index contributed by atoms with van der Waals surface area (Å²) in [5.74, 6) is 0.734. The zero-order chi connectivity index (χ0) is 13.2. The summed E-state index contributed by atoms with van der Waals surface area (Å²) in [5.41, 5.74) is 7.69. The van der Waals surface area contributed by atoms with E-state index >= 15 is 0 Å². The normalized spacial score (nSPS) is 23.3. The molecule has 0 saturated carbocycles. The van der Waals surface area contributed by atoms with Gasteiger partial charge in [0.2, 0.25) is 0 Å². The summed E-state index contributed by atoms with van der Waals surface area (Å²) in [4.78, 5) is 0. The molecular weight excluding hydrogens is 228 g/mol. The molecule has 1 aliphatic rings. The lowest BCUT2D eigenvalue weighted by molar-refractivity contribution is 0.185. The van der Waals surface area contributed by atoms with E-state index in [4.69, 9.17) is 15.2 Å². The summed E-state index contributed by atoms with van der Waals surface area (Å²) < 4.78 is 11.1. The molecule has 0 spiro atoms. The van der Waals surface area contributed by atoms with Gasteiger partial charge in [0.1, 0.15) is 5.75 Å². The molecule has 18 heavy (non-hydrogen) atoms. The van der Waals surface area contributed by atoms with Gasteiger partial charge in [-0.2, -0.15) is 0 Å². The highest BCUT2D eigenvalue weighted by molar-refractivity contribution is 5.73. The molecule has 1 aliphatic heterocycles. The maximum Gasteiger partial charge on any atom is 0.144 e. The number of anilines is 2. The first-order valence-corrected chi connectivity index (χ1v) is 6.41. The molecule has 2 rings (SSSR count). The van der Waals surface area contributed by atoms with Gasteiger partial charge in [0.25, 0.3) is 0 Å². The Morgan fingerprint density at radius 3 is 2.83 bits per heavy atom. The zero-order valence-corrected chi connectivity index (χ0v) is 11.3. The Morgan fingerprint density at radius 1 is 1.44 bits per heavy atom. The summed E-state index contributed by atoms with van der Waals surface area (Å²) in [6.45, 7) is 7.64. The van der Waals surface area contributed by atoms with Gasteiger partial charge in [0.15, 0.2) is 0 Å². The molecule has 1 aromatic rings. The van der Waals surface area contributed by atoms with Crippen LogP contribution in [0.3, 0.4) is 0 Å². The lowest BCUT2D eigenvalue weighted by Gasteiger charge is -2.26. The van der Waals surface area contributed by atoms with Crippen LogP contribution in [0, 0.1) is 0 Å². The van der Waals surface area contributed by atoms with Gasteiger partial charge in [-0.05, 0) is 39.3 Å². The lowest BCUT2D eigenvalue weighted by Crippen LogP contribution is -2.35. The number of benzene rings is 1. The first-order valence-electron chi connectivity index (χ1n) is 6.41. The first-order chi connectivity index (χ1) is 8.50. The molecule has 1 unspecified atom stereocenters. The maximum atomic E-state index is 6.14. The van der Waals surface area contributed by atoms with E-state index in [2.05, 4.69) is 12.2 Å². The van der Waals surface area contributed by atoms with Crippen LogP contribution in [-0.2, 0) is 4.74 Å². The van der Waals surface area contributed by atoms with Crippen LogP contribution >= 0.6 is 0 Å². The standard InChI is InChI=1S/C14H22N2O2/c1-10(2)18-12-6-4-5-11(13(12)15)16-14(3)7-8-17-9-14/h4-6,10,16H,7-9,15H2,1-3H3. The third kappa shape index (κ3) is 2.88. The fourth-order valence-electron chi connectivity index (χ4n) is 2.10. The van der Waals surface area contributed by atoms with E-state index in [0.717, 1.165) is 24.5 Å². The van der Waals surface area contributed by atoms with Crippen LogP contribution in [0.2, 0.25) is 0 Å². The molecule has 1 aromatic carbocycles. The van der Waals surface area contributed by atoms with Crippen molar-refractivity contribution >= 4 is 11.4 Å². The third-order valence-corrected chi connectivity index (χ3v) is 3.08. The van der Waals surface area contributed by atoms with Crippen LogP contribution < -0.4 is 15.8 Å². The van der Waals surface area contributed by atoms with Crippen molar-refractivity contribution in [1.82, 2.24) is 0 Å². The van der Waals surface area contributed by atoms with Crippen LogP contribution in [0.15, 0.2) is 18.2 Å². The van der Waals surface area contributed by atoms with E-state index in [1.807, 2.05) is 32.0 Å². The number of hydrogen-bond acceptors (Lipinski definition) is 4. The summed E-state index contributed by atoms with van der Waals surface area (Å²) in [7, 11) is 0. The van der Waals surface area contributed by atoms with Gasteiger partial charge in [0, 0.05) is 6.61 Å². The van der Waals surface area contributed by atoms with Crippen molar-refractivity contribution < 1.29 is 9.47 Å². The highest BCUT2D eigenvalue weighted by Gasteiger charge is 2.30. The van der Waals surface area contributed by atoms with E-state index in [9.17, 15) is 0 Å². The molecule has 0 aliphatic carbocycles. The average molecular weight is 250 g/mol. The van der Waals surface area contributed by atoms with Crippen LogP contribution in [0.4, 0.5) is 11.4 Å². The number of nitrogens with one attached hydrogen (secondary N) is 1. The minimum atomic E-state index is -0.0371. The van der Waals surface area contributed by atoms with Crippen LogP contribution in [-0.4, -0.2) is 24.9 Å². The highest BCUT2D eigenvalue weighted by Crippen LogP contribution is 2.33. The molecule has 1 saturated heterocycles. The van der Waals surface area contributed by atoms with Gasteiger partial charge in [-0.25, -0.2) is 0 Å². The second kappa shape index (κ2) is 5.06. The van der Waals surface area contributed by atoms with E-state index in [0.29, 0.717) is 12.3 Å². The van der Waals surface area contributed by atoms with Gasteiger partial charge in [-0.15, -0.1) is 0 Å². The molecule has 4 heteroatoms. The topological polar surface area (TPSA) is 56.5 Å². The number of rotatable bonds is 4. The second-order valence-corrected chi connectivity index (χ2v) is 5.37. The minimum Gasteiger partial charge on any atom is -0.489 e. The molecule has 1 heterocycles. The Kier molecular flexibility index (Phi) is 3.66. The smallest absolute Gasteiger partial charge is 0.144 e. The van der Waals surface area contributed by atoms with Crippen molar-refractivity contribution in [2.45, 2.75) is 38.8 Å². The summed E-state index contributed by atoms with van der Waals surface area (Å²) >= 11 is 0. The Labute approximate surface area is 108 Å². The first kappa shape index (κ1) is 13.0. The third-order valence-electron chi connectivity index (χ3n) is 3.08. The van der Waals surface area contributed by atoms with E-state index in [1.165, 1.54) is 0 Å². The van der Waals surface area contributed by atoms with Crippen molar-refractivity contribution in [3.05, 3.63) is 18.2 Å². The van der Waals surface area contributed by atoms with Gasteiger partial charge in [0.05, 0.1) is 29.6 Å². The van der Waals surface area contributed by atoms with Crippen molar-refractivity contribution in [2.24, 2.45) is 0 Å². The summed E-state index contributed by atoms with van der Waals surface area (Å²) in [5, 5.41) is 3.47. The van der Waals surface area contributed by atoms with Crippen LogP contribution in [0.1, 0.15) is 27.2 Å². The number of nitrogens with two attached hydrogens (primary N) is 1. The summed E-state index contributed by atoms with van der Waals surface area (Å²) in [6.07, 6.45) is 1.11. The molecule has 1 fully saturated rings. The largest absolute Gasteiger partial charge is 0.489 e. The number of hydrogen-bond donors (Lipinski definition) is 2. The number of nitrogen functional groups attached to an aromatic ring is 1. The van der Waals surface area contributed by atoms with Crippen molar-refractivity contribution in [2.75, 3.05) is 24.3 Å². The monoisotopic (exact) mass is 250 g/mol. The minimum absolute atomic E-state index is 0.0371. The average Bonchev–Trinajstić information content (AvgIpc) is 2.70. The van der Waals surface area contributed by atoms with Crippen molar-refractivity contribution in [3.8, 4) is 5.75 Å². The quantitative estimate of drug-likeness (QED) is 0.807. The molecule has 0 amide bonds. The van der Waals surface area contributed by atoms with Crippen molar-refractivity contribution in [3.63, 3.8) is 0 Å². The zero-order valence-electron chi connectivity index (χ0n) is 11.3. The molecule has 0 bridgehead atoms. The van der Waals surface area contributed by atoms with Crippen LogP contribution in [0.5, 0.6) is 5.75 Å². The number of ether oxygens (including phenoxy) is 2. The Balaban J connectivity index is 2.17. The Hall–Kier alpha value is -1.42. The van der Waals surface area contributed by atoms with Gasteiger partial charge >= 0.3 is 0 Å². The SMILES string of the molecule is CC(C)Oc1cccc(NC2(C)CCOC2)c1N. The van der Waals surface area contributed by atoms with Gasteiger partial charge in [-0.3, -0.25) is 0 Å². The molecule has 4 nitrogen and oxygen atoms in total. The van der Waals surface area contributed by atoms with E-state index in [1.54, 1.807) is 0 Å². The summed E-state index contributed by atoms with van der Waals surface area (Å²) in [6, 6.07) is 5.83. The predicted octanol–water partition coefficient (Wildman–Crippen LogP) is 2.65. The fourth-order valence-corrected chi connectivity index (χ4v) is 2.10. The molecule has 0 aromatic heterocycles. The maximum absolute atomic E-state index is 6.14. The van der Waals surface area contributed by atoms with Crippen molar-refractivity contribution in [1.29, 1.82) is 0 Å². The number of para-hydroxylation sites is 1. The molecule has 0 radical (unpaired) electrons. The van der Waals surface area contributed by atoms with Gasteiger partial charge < -0.3 is 20.5 Å². The predicted molar refractivity (Wildman–Crippen MR) is 74.1 cm³/mol. The molecule has 3 N–H and O–H groups in total. The second-order valence-electron chi connectivity index (χ2n) is 5.37. The molecular formula is C14H22N2O2. The Morgan fingerprint density at radius 2 is 2.22 bits per heavy atom. The van der Waals surface area contributed by atoms with Crippen LogP contribution in [0.25, 0.3) is 0 Å². The molecule has 100 valence electrons. The highest BCUT2D eigenvalue weighted by atomic mass is 16.5. The lowest BCUT2D eigenvalue weighted by atomic mass is 10.0. The van der Waals surface area contributed by atoms with Gasteiger partial charge in [-0.1, -0.05) is 6.07 Å².